The number of aromatic nitrogens is 2. The van der Waals surface area contributed by atoms with E-state index in [1.165, 1.54) is 0 Å². The van der Waals surface area contributed by atoms with Crippen LogP contribution in [0.15, 0.2) is 12.3 Å². The van der Waals surface area contributed by atoms with Crippen molar-refractivity contribution in [1.82, 2.24) is 9.97 Å². The van der Waals surface area contributed by atoms with Gasteiger partial charge in [-0.3, -0.25) is 0 Å². The zero-order valence-electron chi connectivity index (χ0n) is 6.55. The minimum absolute atomic E-state index is 0.533. The van der Waals surface area contributed by atoms with Crippen LogP contribution in [0.1, 0.15) is 25.6 Å². The molecule has 2 nitrogen and oxygen atoms in total. The number of rotatable bonds is 3. The molecule has 1 rings (SSSR count). The maximum absolute atomic E-state index is 5.67. The molecule has 11 heavy (non-hydrogen) atoms. The molecule has 0 fully saturated rings. The largest absolute Gasteiger partial charge is 0.241 e. The third-order valence-corrected chi connectivity index (χ3v) is 1.64. The van der Waals surface area contributed by atoms with Gasteiger partial charge in [-0.15, -0.1) is 0 Å². The lowest BCUT2D eigenvalue weighted by atomic mass is 10.2. The normalized spacial score (nSPS) is 10.0. The van der Waals surface area contributed by atoms with E-state index < -0.39 is 0 Å². The van der Waals surface area contributed by atoms with Crippen molar-refractivity contribution < 1.29 is 0 Å². The summed E-state index contributed by atoms with van der Waals surface area (Å²) in [4.78, 5) is 8.15. The molecule has 0 amide bonds. The standard InChI is InChI=1S/C8H11ClN2/c1-2-3-4-8-10-6-5-7(9)11-8/h5-6H,2-4H2,1H3. The molecule has 0 aliphatic rings. The van der Waals surface area contributed by atoms with Crippen molar-refractivity contribution in [2.45, 2.75) is 26.2 Å². The second-order valence-electron chi connectivity index (χ2n) is 2.40. The van der Waals surface area contributed by atoms with Gasteiger partial charge in [0.25, 0.3) is 0 Å². The van der Waals surface area contributed by atoms with E-state index >= 15 is 0 Å². The van der Waals surface area contributed by atoms with Crippen LogP contribution in [-0.2, 0) is 6.42 Å². The maximum atomic E-state index is 5.67. The molecule has 0 unspecified atom stereocenters. The van der Waals surface area contributed by atoms with E-state index in [-0.39, 0.29) is 0 Å². The molecular formula is C8H11ClN2. The summed E-state index contributed by atoms with van der Waals surface area (Å²) >= 11 is 5.67. The Kier molecular flexibility index (Phi) is 3.30. The molecule has 0 saturated heterocycles. The van der Waals surface area contributed by atoms with Crippen LogP contribution in [0.3, 0.4) is 0 Å². The van der Waals surface area contributed by atoms with Crippen LogP contribution in [0.25, 0.3) is 0 Å². The average molecular weight is 171 g/mol. The number of hydrogen-bond acceptors (Lipinski definition) is 2. The molecule has 0 bridgehead atoms. The molecule has 0 aromatic carbocycles. The van der Waals surface area contributed by atoms with E-state index in [0.29, 0.717) is 5.15 Å². The number of nitrogens with zero attached hydrogens (tertiary/aromatic N) is 2. The first-order valence-electron chi connectivity index (χ1n) is 3.80. The van der Waals surface area contributed by atoms with E-state index in [1.54, 1.807) is 12.3 Å². The molecule has 0 aliphatic heterocycles. The predicted octanol–water partition coefficient (Wildman–Crippen LogP) is 2.47. The highest BCUT2D eigenvalue weighted by molar-refractivity contribution is 6.29. The third kappa shape index (κ3) is 2.85. The highest BCUT2D eigenvalue weighted by atomic mass is 35.5. The van der Waals surface area contributed by atoms with Crippen molar-refractivity contribution in [3.63, 3.8) is 0 Å². The highest BCUT2D eigenvalue weighted by Crippen LogP contribution is 2.04. The van der Waals surface area contributed by atoms with Gasteiger partial charge < -0.3 is 0 Å². The quantitative estimate of drug-likeness (QED) is 0.652. The first-order valence-corrected chi connectivity index (χ1v) is 4.18. The molecule has 3 heteroatoms. The minimum Gasteiger partial charge on any atom is -0.241 e. The summed E-state index contributed by atoms with van der Waals surface area (Å²) in [6.07, 6.45) is 4.91. The third-order valence-electron chi connectivity index (χ3n) is 1.43. The predicted molar refractivity (Wildman–Crippen MR) is 45.7 cm³/mol. The molecule has 1 aromatic rings. The Hall–Kier alpha value is -0.630. The summed E-state index contributed by atoms with van der Waals surface area (Å²) in [5.74, 6) is 0.847. The van der Waals surface area contributed by atoms with Crippen LogP contribution in [0.2, 0.25) is 5.15 Å². The topological polar surface area (TPSA) is 25.8 Å². The Morgan fingerprint density at radius 2 is 2.36 bits per heavy atom. The van der Waals surface area contributed by atoms with Crippen LogP contribution >= 0.6 is 11.6 Å². The monoisotopic (exact) mass is 170 g/mol. The molecule has 1 aromatic heterocycles. The van der Waals surface area contributed by atoms with Crippen molar-refractivity contribution in [3.8, 4) is 0 Å². The first kappa shape index (κ1) is 8.47. The van der Waals surface area contributed by atoms with Crippen LogP contribution in [0.5, 0.6) is 0 Å². The van der Waals surface area contributed by atoms with Crippen molar-refractivity contribution in [2.75, 3.05) is 0 Å². The van der Waals surface area contributed by atoms with E-state index in [0.717, 1.165) is 25.1 Å². The Balaban J connectivity index is 2.56. The average Bonchev–Trinajstić information content (AvgIpc) is 2.01. The van der Waals surface area contributed by atoms with Crippen LogP contribution in [-0.4, -0.2) is 9.97 Å². The second kappa shape index (κ2) is 4.29. The fourth-order valence-corrected chi connectivity index (χ4v) is 0.983. The zero-order chi connectivity index (χ0) is 8.10. The lowest BCUT2D eigenvalue weighted by Gasteiger charge is -1.96. The van der Waals surface area contributed by atoms with Crippen molar-refractivity contribution in [2.24, 2.45) is 0 Å². The molecule has 60 valence electrons. The second-order valence-corrected chi connectivity index (χ2v) is 2.79. The summed E-state index contributed by atoms with van der Waals surface area (Å²) in [5.41, 5.74) is 0. The Morgan fingerprint density at radius 3 is 3.00 bits per heavy atom. The molecule has 0 saturated carbocycles. The van der Waals surface area contributed by atoms with Gasteiger partial charge in [0.05, 0.1) is 0 Å². The molecular weight excluding hydrogens is 160 g/mol. The fourth-order valence-electron chi connectivity index (χ4n) is 0.830. The summed E-state index contributed by atoms with van der Waals surface area (Å²) < 4.78 is 0. The Labute approximate surface area is 71.6 Å². The van der Waals surface area contributed by atoms with Crippen LogP contribution in [0, 0.1) is 0 Å². The number of unbranched alkanes of at least 4 members (excludes halogenated alkanes) is 1. The molecule has 0 spiro atoms. The van der Waals surface area contributed by atoms with Gasteiger partial charge in [-0.1, -0.05) is 24.9 Å². The minimum atomic E-state index is 0.533. The fraction of sp³-hybridized carbons (Fsp3) is 0.500. The van der Waals surface area contributed by atoms with Gasteiger partial charge in [-0.05, 0) is 12.5 Å². The van der Waals surface area contributed by atoms with Crippen molar-refractivity contribution in [1.29, 1.82) is 0 Å². The summed E-state index contributed by atoms with van der Waals surface area (Å²) in [6, 6.07) is 1.69. The van der Waals surface area contributed by atoms with E-state index in [4.69, 9.17) is 11.6 Å². The molecule has 0 radical (unpaired) electrons. The maximum Gasteiger partial charge on any atom is 0.132 e. The molecule has 0 N–H and O–H groups in total. The van der Waals surface area contributed by atoms with E-state index in [9.17, 15) is 0 Å². The van der Waals surface area contributed by atoms with Crippen LogP contribution < -0.4 is 0 Å². The molecule has 1 heterocycles. The van der Waals surface area contributed by atoms with E-state index in [2.05, 4.69) is 16.9 Å². The summed E-state index contributed by atoms with van der Waals surface area (Å²) in [7, 11) is 0. The lowest BCUT2D eigenvalue weighted by molar-refractivity contribution is 0.752. The van der Waals surface area contributed by atoms with Gasteiger partial charge in [0, 0.05) is 12.6 Å². The number of hydrogen-bond donors (Lipinski definition) is 0. The van der Waals surface area contributed by atoms with Gasteiger partial charge >= 0.3 is 0 Å². The highest BCUT2D eigenvalue weighted by Gasteiger charge is 1.95. The number of halogens is 1. The Morgan fingerprint density at radius 1 is 1.55 bits per heavy atom. The smallest absolute Gasteiger partial charge is 0.132 e. The van der Waals surface area contributed by atoms with Gasteiger partial charge in [-0.2, -0.15) is 0 Å². The first-order chi connectivity index (χ1) is 5.33. The zero-order valence-corrected chi connectivity index (χ0v) is 7.30. The van der Waals surface area contributed by atoms with Crippen molar-refractivity contribution in [3.05, 3.63) is 23.2 Å². The molecule has 0 aliphatic carbocycles. The van der Waals surface area contributed by atoms with E-state index in [1.807, 2.05) is 0 Å². The summed E-state index contributed by atoms with van der Waals surface area (Å²) in [5, 5.41) is 0.533. The summed E-state index contributed by atoms with van der Waals surface area (Å²) in [6.45, 7) is 2.14. The van der Waals surface area contributed by atoms with Gasteiger partial charge in [-0.25, -0.2) is 9.97 Å². The van der Waals surface area contributed by atoms with Gasteiger partial charge in [0.15, 0.2) is 0 Å². The van der Waals surface area contributed by atoms with Crippen molar-refractivity contribution >= 4 is 11.6 Å². The Bertz CT molecular complexity index is 225. The number of aryl methyl sites for hydroxylation is 1. The SMILES string of the molecule is CCCCc1nccc(Cl)n1. The van der Waals surface area contributed by atoms with Gasteiger partial charge in [0.2, 0.25) is 0 Å². The lowest BCUT2D eigenvalue weighted by Crippen LogP contribution is -1.93. The molecule has 0 atom stereocenters. The van der Waals surface area contributed by atoms with Crippen LogP contribution in [0.4, 0.5) is 0 Å². The van der Waals surface area contributed by atoms with Gasteiger partial charge in [0.1, 0.15) is 11.0 Å².